The van der Waals surface area contributed by atoms with Gasteiger partial charge < -0.3 is 4.74 Å². The molecule has 0 aromatic heterocycles. The van der Waals surface area contributed by atoms with Crippen LogP contribution >= 0.6 is 0 Å². The van der Waals surface area contributed by atoms with Gasteiger partial charge in [0.25, 0.3) is 0 Å². The number of rotatable bonds is 11. The van der Waals surface area contributed by atoms with Crippen molar-refractivity contribution < 1.29 is 4.74 Å². The first-order valence-electron chi connectivity index (χ1n) is 12.5. The van der Waals surface area contributed by atoms with Crippen molar-refractivity contribution in [2.75, 3.05) is 6.61 Å². The minimum absolute atomic E-state index is 0.809. The summed E-state index contributed by atoms with van der Waals surface area (Å²) in [5.41, 5.74) is 4.05. The highest BCUT2D eigenvalue weighted by Gasteiger charge is 2.26. The largest absolute Gasteiger partial charge is 0.494 e. The third kappa shape index (κ3) is 6.89. The Morgan fingerprint density at radius 3 is 2.10 bits per heavy atom. The maximum absolute atomic E-state index is 5.78. The van der Waals surface area contributed by atoms with E-state index in [2.05, 4.69) is 69.3 Å². The van der Waals surface area contributed by atoms with E-state index in [1.54, 1.807) is 0 Å². The summed E-state index contributed by atoms with van der Waals surface area (Å²) >= 11 is 0. The molecule has 1 aliphatic rings. The van der Waals surface area contributed by atoms with Crippen molar-refractivity contribution in [1.29, 1.82) is 0 Å². The molecule has 3 unspecified atom stereocenters. The molecular formula is C29H42O. The Labute approximate surface area is 185 Å². The second-order valence-electron chi connectivity index (χ2n) is 9.52. The number of aryl methyl sites for hydroxylation is 1. The predicted molar refractivity (Wildman–Crippen MR) is 130 cm³/mol. The molecule has 0 spiro atoms. The summed E-state index contributed by atoms with van der Waals surface area (Å²) in [5.74, 6) is 3.79. The maximum atomic E-state index is 5.78. The standard InChI is InChI=1S/C29H42O/c1-4-6-8-25-12-14-26(23(3)22-25)13-9-24-10-15-27(16-11-24)28-17-19-29(20-18-28)30-21-7-5-2/h10-11,15-20,23,25-26H,4-9,12-14,21-22H2,1-3H3. The summed E-state index contributed by atoms with van der Waals surface area (Å²) in [4.78, 5) is 0. The van der Waals surface area contributed by atoms with Crippen LogP contribution in [0.25, 0.3) is 11.1 Å². The molecule has 0 aliphatic heterocycles. The van der Waals surface area contributed by atoms with Crippen molar-refractivity contribution in [3.05, 3.63) is 54.1 Å². The van der Waals surface area contributed by atoms with Gasteiger partial charge in [0.15, 0.2) is 0 Å². The Morgan fingerprint density at radius 1 is 0.800 bits per heavy atom. The Bertz CT molecular complexity index is 715. The molecule has 3 rings (SSSR count). The van der Waals surface area contributed by atoms with Crippen LogP contribution in [0.4, 0.5) is 0 Å². The van der Waals surface area contributed by atoms with Crippen LogP contribution in [-0.4, -0.2) is 6.61 Å². The summed E-state index contributed by atoms with van der Waals surface area (Å²) in [5, 5.41) is 0. The van der Waals surface area contributed by atoms with Gasteiger partial charge in [0.1, 0.15) is 5.75 Å². The Kier molecular flexibility index (Phi) is 9.30. The zero-order valence-electron chi connectivity index (χ0n) is 19.5. The molecule has 0 saturated heterocycles. The highest BCUT2D eigenvalue weighted by Crippen LogP contribution is 2.38. The lowest BCUT2D eigenvalue weighted by atomic mass is 9.71. The molecule has 1 heteroatoms. The number of ether oxygens (including phenoxy) is 1. The fraction of sp³-hybridized carbons (Fsp3) is 0.586. The van der Waals surface area contributed by atoms with Gasteiger partial charge in [0, 0.05) is 0 Å². The van der Waals surface area contributed by atoms with Crippen LogP contribution in [0.2, 0.25) is 0 Å². The van der Waals surface area contributed by atoms with Crippen LogP contribution < -0.4 is 4.74 Å². The van der Waals surface area contributed by atoms with Gasteiger partial charge in [-0.05, 0) is 78.7 Å². The molecule has 0 bridgehead atoms. The monoisotopic (exact) mass is 406 g/mol. The first kappa shape index (κ1) is 22.9. The van der Waals surface area contributed by atoms with E-state index in [4.69, 9.17) is 4.74 Å². The van der Waals surface area contributed by atoms with E-state index in [1.165, 1.54) is 74.5 Å². The van der Waals surface area contributed by atoms with Gasteiger partial charge >= 0.3 is 0 Å². The van der Waals surface area contributed by atoms with Gasteiger partial charge in [-0.15, -0.1) is 0 Å². The van der Waals surface area contributed by atoms with Crippen LogP contribution in [0.1, 0.15) is 84.1 Å². The van der Waals surface area contributed by atoms with E-state index in [9.17, 15) is 0 Å². The van der Waals surface area contributed by atoms with Crippen LogP contribution in [0.3, 0.4) is 0 Å². The van der Waals surface area contributed by atoms with Crippen molar-refractivity contribution in [2.45, 2.75) is 85.0 Å². The lowest BCUT2D eigenvalue weighted by Crippen LogP contribution is -2.23. The molecule has 0 radical (unpaired) electrons. The van der Waals surface area contributed by atoms with Crippen molar-refractivity contribution in [3.8, 4) is 16.9 Å². The Morgan fingerprint density at radius 2 is 1.47 bits per heavy atom. The molecule has 1 aliphatic carbocycles. The number of hydrogen-bond acceptors (Lipinski definition) is 1. The predicted octanol–water partition coefficient (Wildman–Crippen LogP) is 8.71. The molecular weight excluding hydrogens is 364 g/mol. The number of benzene rings is 2. The average molecular weight is 407 g/mol. The second kappa shape index (κ2) is 12.2. The smallest absolute Gasteiger partial charge is 0.119 e. The van der Waals surface area contributed by atoms with E-state index in [1.807, 2.05) is 0 Å². The summed E-state index contributed by atoms with van der Waals surface area (Å²) < 4.78 is 5.78. The molecule has 30 heavy (non-hydrogen) atoms. The highest BCUT2D eigenvalue weighted by molar-refractivity contribution is 5.64. The van der Waals surface area contributed by atoms with Gasteiger partial charge in [0.05, 0.1) is 6.61 Å². The minimum atomic E-state index is 0.809. The van der Waals surface area contributed by atoms with E-state index in [0.29, 0.717) is 0 Å². The topological polar surface area (TPSA) is 9.23 Å². The fourth-order valence-corrected chi connectivity index (χ4v) is 5.05. The highest BCUT2D eigenvalue weighted by atomic mass is 16.5. The molecule has 2 aromatic carbocycles. The third-order valence-corrected chi connectivity index (χ3v) is 7.13. The van der Waals surface area contributed by atoms with E-state index < -0.39 is 0 Å². The van der Waals surface area contributed by atoms with Gasteiger partial charge in [-0.3, -0.25) is 0 Å². The van der Waals surface area contributed by atoms with Gasteiger partial charge in [-0.1, -0.05) is 89.3 Å². The average Bonchev–Trinajstić information content (AvgIpc) is 2.78. The lowest BCUT2D eigenvalue weighted by Gasteiger charge is -2.34. The van der Waals surface area contributed by atoms with Crippen LogP contribution in [0, 0.1) is 17.8 Å². The number of hydrogen-bond donors (Lipinski definition) is 0. The molecule has 3 atom stereocenters. The van der Waals surface area contributed by atoms with Crippen molar-refractivity contribution >= 4 is 0 Å². The molecule has 1 nitrogen and oxygen atoms in total. The van der Waals surface area contributed by atoms with Crippen molar-refractivity contribution in [1.82, 2.24) is 0 Å². The zero-order valence-corrected chi connectivity index (χ0v) is 19.5. The van der Waals surface area contributed by atoms with Gasteiger partial charge in [0.2, 0.25) is 0 Å². The zero-order chi connectivity index (χ0) is 21.2. The third-order valence-electron chi connectivity index (χ3n) is 7.13. The minimum Gasteiger partial charge on any atom is -0.494 e. The molecule has 1 fully saturated rings. The second-order valence-corrected chi connectivity index (χ2v) is 9.52. The quantitative estimate of drug-likeness (QED) is 0.339. The Hall–Kier alpha value is -1.76. The van der Waals surface area contributed by atoms with Gasteiger partial charge in [-0.2, -0.15) is 0 Å². The summed E-state index contributed by atoms with van der Waals surface area (Å²) in [6.07, 6.45) is 13.5. The van der Waals surface area contributed by atoms with Crippen molar-refractivity contribution in [3.63, 3.8) is 0 Å². The first-order chi connectivity index (χ1) is 14.7. The van der Waals surface area contributed by atoms with E-state index >= 15 is 0 Å². The van der Waals surface area contributed by atoms with Crippen LogP contribution in [0.5, 0.6) is 5.75 Å². The van der Waals surface area contributed by atoms with E-state index in [-0.39, 0.29) is 0 Å². The normalized spacial score (nSPS) is 21.5. The Balaban J connectivity index is 1.47. The maximum Gasteiger partial charge on any atom is 0.119 e. The molecule has 2 aromatic rings. The summed E-state index contributed by atoms with van der Waals surface area (Å²) in [6.45, 7) is 7.82. The van der Waals surface area contributed by atoms with Crippen LogP contribution in [-0.2, 0) is 6.42 Å². The van der Waals surface area contributed by atoms with Gasteiger partial charge in [-0.25, -0.2) is 0 Å². The molecule has 0 N–H and O–H groups in total. The molecule has 0 heterocycles. The SMILES string of the molecule is CCCCOc1ccc(-c2ccc(CCC3CCC(CCCC)CC3C)cc2)cc1. The molecule has 0 amide bonds. The fourth-order valence-electron chi connectivity index (χ4n) is 5.05. The summed E-state index contributed by atoms with van der Waals surface area (Å²) in [6, 6.07) is 17.8. The van der Waals surface area contributed by atoms with Crippen LogP contribution in [0.15, 0.2) is 48.5 Å². The molecule has 1 saturated carbocycles. The summed E-state index contributed by atoms with van der Waals surface area (Å²) in [7, 11) is 0. The van der Waals surface area contributed by atoms with E-state index in [0.717, 1.165) is 36.5 Å². The van der Waals surface area contributed by atoms with Crippen molar-refractivity contribution in [2.24, 2.45) is 17.8 Å². The lowest BCUT2D eigenvalue weighted by molar-refractivity contribution is 0.176. The molecule has 164 valence electrons. The first-order valence-corrected chi connectivity index (χ1v) is 12.5. The number of unbranched alkanes of at least 4 members (excludes halogenated alkanes) is 2.